The van der Waals surface area contributed by atoms with E-state index < -0.39 is 0 Å². The van der Waals surface area contributed by atoms with Crippen molar-refractivity contribution in [2.45, 2.75) is 12.8 Å². The van der Waals surface area contributed by atoms with Crippen LogP contribution in [-0.2, 0) is 6.42 Å². The molecule has 0 N–H and O–H groups in total. The van der Waals surface area contributed by atoms with Gasteiger partial charge in [0.05, 0.1) is 11.8 Å². The Morgan fingerprint density at radius 2 is 2.20 bits per heavy atom. The fraction of sp³-hybridized carbons (Fsp3) is 0.143. The predicted molar refractivity (Wildman–Crippen MR) is 75.2 cm³/mol. The first-order chi connectivity index (χ1) is 9.79. The molecule has 20 heavy (non-hydrogen) atoms. The Bertz CT molecular complexity index is 803. The van der Waals surface area contributed by atoms with Gasteiger partial charge in [-0.25, -0.2) is 9.50 Å². The lowest BCUT2D eigenvalue weighted by molar-refractivity contribution is 0.935. The van der Waals surface area contributed by atoms with E-state index in [0.29, 0.717) is 35.0 Å². The van der Waals surface area contributed by atoms with E-state index in [-0.39, 0.29) is 0 Å². The lowest BCUT2D eigenvalue weighted by Crippen LogP contribution is -1.96. The smallest absolute Gasteiger partial charge is 0.159 e. The zero-order valence-electron chi connectivity index (χ0n) is 10.5. The van der Waals surface area contributed by atoms with Crippen LogP contribution in [0, 0.1) is 11.3 Å². The summed E-state index contributed by atoms with van der Waals surface area (Å²) < 4.78 is 1.67. The highest BCUT2D eigenvalue weighted by molar-refractivity contribution is 6.32. The van der Waals surface area contributed by atoms with Crippen molar-refractivity contribution in [2.24, 2.45) is 0 Å². The molecule has 0 unspecified atom stereocenters. The fourth-order valence-corrected chi connectivity index (χ4v) is 2.30. The lowest BCUT2D eigenvalue weighted by atomic mass is 10.1. The van der Waals surface area contributed by atoms with Gasteiger partial charge in [-0.15, -0.1) is 0 Å². The van der Waals surface area contributed by atoms with E-state index in [0.717, 1.165) is 5.56 Å². The minimum atomic E-state index is 0.369. The van der Waals surface area contributed by atoms with Crippen molar-refractivity contribution in [3.63, 3.8) is 0 Å². The number of hydrogen-bond acceptors (Lipinski definition) is 4. The number of hydrogen-bond donors (Lipinski definition) is 0. The summed E-state index contributed by atoms with van der Waals surface area (Å²) in [6.07, 6.45) is 4.55. The van der Waals surface area contributed by atoms with Crippen LogP contribution in [0.15, 0.2) is 36.7 Å². The number of aryl methyl sites for hydroxylation is 1. The number of halogens is 1. The second-order valence-electron chi connectivity index (χ2n) is 4.25. The van der Waals surface area contributed by atoms with E-state index in [9.17, 15) is 0 Å². The number of aromatic nitrogens is 4. The second kappa shape index (κ2) is 5.27. The number of rotatable bonds is 3. The van der Waals surface area contributed by atoms with Crippen molar-refractivity contribution in [3.8, 4) is 17.5 Å². The van der Waals surface area contributed by atoms with Gasteiger partial charge in [-0.2, -0.15) is 10.4 Å². The molecule has 0 atom stereocenters. The maximum Gasteiger partial charge on any atom is 0.159 e. The van der Waals surface area contributed by atoms with Gasteiger partial charge in [-0.05, 0) is 36.2 Å². The maximum atomic E-state index is 8.66. The molecule has 3 aromatic heterocycles. The molecule has 0 bridgehead atoms. The molecule has 0 radical (unpaired) electrons. The van der Waals surface area contributed by atoms with Crippen LogP contribution in [0.5, 0.6) is 0 Å². The van der Waals surface area contributed by atoms with E-state index in [1.165, 1.54) is 0 Å². The summed E-state index contributed by atoms with van der Waals surface area (Å²) >= 11 is 6.19. The van der Waals surface area contributed by atoms with Gasteiger partial charge in [-0.1, -0.05) is 11.6 Å². The van der Waals surface area contributed by atoms with Gasteiger partial charge in [0.1, 0.15) is 5.69 Å². The highest BCUT2D eigenvalue weighted by Crippen LogP contribution is 2.27. The molecule has 0 aliphatic heterocycles. The summed E-state index contributed by atoms with van der Waals surface area (Å²) in [7, 11) is 0. The van der Waals surface area contributed by atoms with Gasteiger partial charge >= 0.3 is 0 Å². The molecular weight excluding hydrogens is 274 g/mol. The number of imidazole rings is 1. The van der Waals surface area contributed by atoms with E-state index in [4.69, 9.17) is 16.9 Å². The van der Waals surface area contributed by atoms with Gasteiger partial charge in [-0.3, -0.25) is 4.98 Å². The average molecular weight is 284 g/mol. The highest BCUT2D eigenvalue weighted by Gasteiger charge is 2.14. The van der Waals surface area contributed by atoms with Gasteiger partial charge in [0.2, 0.25) is 0 Å². The van der Waals surface area contributed by atoms with Gasteiger partial charge in [0.15, 0.2) is 10.8 Å². The Balaban J connectivity index is 2.11. The number of nitrogens with zero attached hydrogens (tertiary/aromatic N) is 5. The van der Waals surface area contributed by atoms with Crippen LogP contribution in [0.25, 0.3) is 17.0 Å². The number of nitriles is 1. The van der Waals surface area contributed by atoms with E-state index in [2.05, 4.69) is 21.1 Å². The highest BCUT2D eigenvalue weighted by atomic mass is 35.5. The molecule has 0 aromatic carbocycles. The van der Waals surface area contributed by atoms with Crippen LogP contribution in [0.4, 0.5) is 0 Å². The van der Waals surface area contributed by atoms with Crippen molar-refractivity contribution < 1.29 is 0 Å². The van der Waals surface area contributed by atoms with Gasteiger partial charge in [0, 0.05) is 18.8 Å². The van der Waals surface area contributed by atoms with Crippen molar-refractivity contribution in [2.75, 3.05) is 0 Å². The molecule has 5 nitrogen and oxygen atoms in total. The van der Waals surface area contributed by atoms with E-state index in [1.54, 1.807) is 23.0 Å². The molecule has 3 heterocycles. The molecule has 3 rings (SSSR count). The summed E-state index contributed by atoms with van der Waals surface area (Å²) in [6, 6.07) is 9.59. The molecule has 0 amide bonds. The van der Waals surface area contributed by atoms with Crippen LogP contribution in [-0.4, -0.2) is 19.6 Å². The Morgan fingerprint density at radius 3 is 3.05 bits per heavy atom. The first kappa shape index (κ1) is 12.6. The van der Waals surface area contributed by atoms with Crippen LogP contribution in [0.1, 0.15) is 12.0 Å². The summed E-state index contributed by atoms with van der Waals surface area (Å²) in [4.78, 5) is 8.59. The zero-order valence-corrected chi connectivity index (χ0v) is 11.2. The normalized spacial score (nSPS) is 10.6. The third-order valence-electron chi connectivity index (χ3n) is 2.94. The van der Waals surface area contributed by atoms with Crippen molar-refractivity contribution >= 4 is 17.2 Å². The zero-order chi connectivity index (χ0) is 13.9. The average Bonchev–Trinajstić information content (AvgIpc) is 2.81. The molecule has 3 aromatic rings. The molecule has 98 valence electrons. The molecule has 6 heteroatoms. The lowest BCUT2D eigenvalue weighted by Gasteiger charge is -2.03. The molecule has 0 saturated heterocycles. The standard InChI is InChI=1S/C14H10ClN5/c15-14-13(20-12(19-14)4-2-7-18-20)11-9-10(3-1-6-16)5-8-17-11/h2,4-5,7-9H,1,3H2. The Labute approximate surface area is 120 Å². The molecule has 0 saturated carbocycles. The SMILES string of the molecule is N#CCCc1ccnc(-c2c(Cl)nc3cccnn23)c1. The summed E-state index contributed by atoms with van der Waals surface area (Å²) in [6.45, 7) is 0. The third kappa shape index (κ3) is 2.22. The minimum Gasteiger partial charge on any atom is -0.254 e. The summed E-state index contributed by atoms with van der Waals surface area (Å²) in [5.74, 6) is 0. The number of pyridine rings is 1. The molecule has 0 aliphatic carbocycles. The maximum absolute atomic E-state index is 8.66. The van der Waals surface area contributed by atoms with Crippen LogP contribution in [0.3, 0.4) is 0 Å². The van der Waals surface area contributed by atoms with Gasteiger partial charge < -0.3 is 0 Å². The Hall–Kier alpha value is -2.45. The van der Waals surface area contributed by atoms with Crippen LogP contribution >= 0.6 is 11.6 Å². The summed E-state index contributed by atoms with van der Waals surface area (Å²) in [5.41, 5.74) is 3.09. The quantitative estimate of drug-likeness (QED) is 0.741. The van der Waals surface area contributed by atoms with E-state index >= 15 is 0 Å². The Morgan fingerprint density at radius 1 is 1.30 bits per heavy atom. The first-order valence-corrected chi connectivity index (χ1v) is 6.49. The van der Waals surface area contributed by atoms with Gasteiger partial charge in [0.25, 0.3) is 0 Å². The van der Waals surface area contributed by atoms with Crippen molar-refractivity contribution in [3.05, 3.63) is 47.4 Å². The monoisotopic (exact) mass is 283 g/mol. The Kier molecular flexibility index (Phi) is 3.32. The third-order valence-corrected chi connectivity index (χ3v) is 3.21. The van der Waals surface area contributed by atoms with Crippen molar-refractivity contribution in [1.82, 2.24) is 19.6 Å². The fourth-order valence-electron chi connectivity index (χ4n) is 2.04. The molecule has 0 spiro atoms. The minimum absolute atomic E-state index is 0.369. The molecule has 0 fully saturated rings. The van der Waals surface area contributed by atoms with Crippen LogP contribution in [0.2, 0.25) is 5.15 Å². The topological polar surface area (TPSA) is 66.9 Å². The molecule has 0 aliphatic rings. The first-order valence-electron chi connectivity index (χ1n) is 6.11. The largest absolute Gasteiger partial charge is 0.254 e. The number of fused-ring (bicyclic) bond motifs is 1. The predicted octanol–water partition coefficient (Wildman–Crippen LogP) is 2.90. The van der Waals surface area contributed by atoms with Crippen LogP contribution < -0.4 is 0 Å². The summed E-state index contributed by atoms with van der Waals surface area (Å²) in [5, 5.41) is 13.3. The second-order valence-corrected chi connectivity index (χ2v) is 4.61. The van der Waals surface area contributed by atoms with E-state index in [1.807, 2.05) is 18.2 Å². The van der Waals surface area contributed by atoms with Crippen molar-refractivity contribution in [1.29, 1.82) is 5.26 Å². The molecular formula is C14H10ClN5.